The first kappa shape index (κ1) is 21.3. The fourth-order valence-electron chi connectivity index (χ4n) is 3.80. The first-order chi connectivity index (χ1) is 15.5. The van der Waals surface area contributed by atoms with E-state index in [1.165, 1.54) is 6.20 Å². The van der Waals surface area contributed by atoms with Crippen LogP contribution in [0.1, 0.15) is 30.1 Å². The average Bonchev–Trinajstić information content (AvgIpc) is 3.43. The summed E-state index contributed by atoms with van der Waals surface area (Å²) in [6.45, 7) is 1.99. The summed E-state index contributed by atoms with van der Waals surface area (Å²) in [7, 11) is 0. The van der Waals surface area contributed by atoms with Crippen LogP contribution in [0, 0.1) is 0 Å². The number of fused-ring (bicyclic) bond motifs is 1. The second-order valence-electron chi connectivity index (χ2n) is 7.57. The number of aromatic nitrogens is 1. The summed E-state index contributed by atoms with van der Waals surface area (Å²) in [6.07, 6.45) is 1.53. The number of rotatable bonds is 7. The van der Waals surface area contributed by atoms with E-state index in [2.05, 4.69) is 25.9 Å². The van der Waals surface area contributed by atoms with E-state index in [0.29, 0.717) is 31.2 Å². The van der Waals surface area contributed by atoms with E-state index in [-0.39, 0.29) is 18.7 Å². The van der Waals surface area contributed by atoms with Gasteiger partial charge in [-0.1, -0.05) is 12.1 Å². The lowest BCUT2D eigenvalue weighted by atomic mass is 10.1. The highest BCUT2D eigenvalue weighted by molar-refractivity contribution is 6.06. The van der Waals surface area contributed by atoms with Crippen molar-refractivity contribution in [2.75, 3.05) is 29.9 Å². The molecule has 3 heterocycles. The lowest BCUT2D eigenvalue weighted by Gasteiger charge is -2.20. The maximum Gasteiger partial charge on any atom is 0.305 e. The van der Waals surface area contributed by atoms with Gasteiger partial charge in [-0.05, 0) is 36.2 Å². The predicted molar refractivity (Wildman–Crippen MR) is 118 cm³/mol. The highest BCUT2D eigenvalue weighted by Crippen LogP contribution is 2.31. The molecule has 1 aromatic heterocycles. The Labute approximate surface area is 184 Å². The number of anilines is 2. The summed E-state index contributed by atoms with van der Waals surface area (Å²) in [5, 5.41) is 18.1. The largest absolute Gasteiger partial charge is 0.481 e. The zero-order chi connectivity index (χ0) is 22.5. The number of carbonyl (C=O) groups is 3. The molecular formula is C22H24N6O4. The molecule has 0 radical (unpaired) electrons. The van der Waals surface area contributed by atoms with E-state index in [1.54, 1.807) is 23.1 Å². The van der Waals surface area contributed by atoms with Gasteiger partial charge in [-0.3, -0.25) is 24.4 Å². The van der Waals surface area contributed by atoms with Crippen molar-refractivity contribution in [2.24, 2.45) is 4.99 Å². The van der Waals surface area contributed by atoms with Gasteiger partial charge in [-0.2, -0.15) is 0 Å². The number of nitrogens with one attached hydrogen (secondary N) is 3. The zero-order valence-electron chi connectivity index (χ0n) is 17.4. The average molecular weight is 436 g/mol. The molecule has 1 unspecified atom stereocenters. The number of hydrogen-bond donors (Lipinski definition) is 4. The zero-order valence-corrected chi connectivity index (χ0v) is 17.4. The van der Waals surface area contributed by atoms with Crippen LogP contribution in [0.15, 0.2) is 47.6 Å². The molecule has 2 amide bonds. The topological polar surface area (TPSA) is 136 Å². The number of pyridine rings is 1. The molecule has 2 aliphatic heterocycles. The minimum absolute atomic E-state index is 0.323. The van der Waals surface area contributed by atoms with Crippen molar-refractivity contribution in [1.29, 1.82) is 0 Å². The van der Waals surface area contributed by atoms with Crippen molar-refractivity contribution in [3.8, 4) is 0 Å². The molecule has 0 fully saturated rings. The highest BCUT2D eigenvalue weighted by atomic mass is 16.4. The number of hydrogen-bond acceptors (Lipinski definition) is 7. The van der Waals surface area contributed by atoms with Crippen molar-refractivity contribution in [2.45, 2.75) is 25.3 Å². The molecule has 4 N–H and O–H groups in total. The van der Waals surface area contributed by atoms with E-state index in [0.717, 1.165) is 23.5 Å². The third-order valence-corrected chi connectivity index (χ3v) is 5.29. The van der Waals surface area contributed by atoms with E-state index >= 15 is 0 Å². The molecule has 0 aliphatic carbocycles. The van der Waals surface area contributed by atoms with Gasteiger partial charge in [-0.15, -0.1) is 0 Å². The van der Waals surface area contributed by atoms with Gasteiger partial charge in [0.15, 0.2) is 5.96 Å². The Morgan fingerprint density at radius 3 is 2.81 bits per heavy atom. The maximum absolute atomic E-state index is 12.9. The molecule has 10 heteroatoms. The Balaban J connectivity index is 1.42. The van der Waals surface area contributed by atoms with Crippen LogP contribution in [0.2, 0.25) is 0 Å². The molecule has 32 heavy (non-hydrogen) atoms. The van der Waals surface area contributed by atoms with E-state index in [1.807, 2.05) is 18.2 Å². The number of guanidine groups is 1. The smallest absolute Gasteiger partial charge is 0.305 e. The molecular weight excluding hydrogens is 412 g/mol. The number of carboxylic acid groups (broad SMARTS) is 1. The molecule has 2 aromatic rings. The third kappa shape index (κ3) is 5.02. The summed E-state index contributed by atoms with van der Waals surface area (Å²) in [5.74, 6) is -1.26. The lowest BCUT2D eigenvalue weighted by Crippen LogP contribution is -2.37. The number of carbonyl (C=O) groups excluding carboxylic acids is 2. The summed E-state index contributed by atoms with van der Waals surface area (Å²) < 4.78 is 0. The molecule has 0 bridgehead atoms. The Bertz CT molecular complexity index is 1060. The van der Waals surface area contributed by atoms with Crippen molar-refractivity contribution in [3.05, 3.63) is 53.9 Å². The van der Waals surface area contributed by atoms with Crippen molar-refractivity contribution < 1.29 is 19.5 Å². The minimum atomic E-state index is -1.07. The Morgan fingerprint density at radius 2 is 2.09 bits per heavy atom. The number of benzene rings is 1. The number of aliphatic carboxylic acids is 1. The first-order valence-electron chi connectivity index (χ1n) is 10.4. The second-order valence-corrected chi connectivity index (χ2v) is 7.57. The monoisotopic (exact) mass is 436 g/mol. The molecule has 0 saturated carbocycles. The lowest BCUT2D eigenvalue weighted by molar-refractivity contribution is -0.137. The van der Waals surface area contributed by atoms with E-state index < -0.39 is 17.9 Å². The highest BCUT2D eigenvalue weighted by Gasteiger charge is 2.28. The molecule has 166 valence electrons. The normalized spacial score (nSPS) is 15.4. The third-order valence-electron chi connectivity index (χ3n) is 5.29. The quantitative estimate of drug-likeness (QED) is 0.477. The van der Waals surface area contributed by atoms with Crippen LogP contribution in [-0.2, 0) is 20.8 Å². The summed E-state index contributed by atoms with van der Waals surface area (Å²) in [6, 6.07) is 10.0. The van der Waals surface area contributed by atoms with Crippen LogP contribution in [0.5, 0.6) is 0 Å². The van der Waals surface area contributed by atoms with Crippen LogP contribution in [0.4, 0.5) is 11.4 Å². The fraction of sp³-hybridized carbons (Fsp3) is 0.318. The molecule has 1 aromatic carbocycles. The predicted octanol–water partition coefficient (Wildman–Crippen LogP) is 1.06. The van der Waals surface area contributed by atoms with Gasteiger partial charge in [0, 0.05) is 30.7 Å². The van der Waals surface area contributed by atoms with Crippen LogP contribution >= 0.6 is 0 Å². The van der Waals surface area contributed by atoms with E-state index in [9.17, 15) is 19.5 Å². The Hall–Kier alpha value is -3.95. The number of aliphatic imine (C=N–C) groups is 1. The second kappa shape index (κ2) is 9.46. The number of amides is 2. The molecule has 10 nitrogen and oxygen atoms in total. The van der Waals surface area contributed by atoms with Gasteiger partial charge >= 0.3 is 5.97 Å². The number of nitrogens with zero attached hydrogens (tertiary/aromatic N) is 3. The van der Waals surface area contributed by atoms with Crippen molar-refractivity contribution in [3.63, 3.8) is 0 Å². The van der Waals surface area contributed by atoms with Gasteiger partial charge in [0.05, 0.1) is 24.7 Å². The van der Waals surface area contributed by atoms with Crippen LogP contribution in [0.3, 0.4) is 0 Å². The molecule has 0 saturated heterocycles. The molecule has 0 spiro atoms. The number of carboxylic acids is 1. The molecule has 4 rings (SSSR count). The fourth-order valence-corrected chi connectivity index (χ4v) is 3.80. The van der Waals surface area contributed by atoms with Gasteiger partial charge in [-0.25, -0.2) is 0 Å². The van der Waals surface area contributed by atoms with Gasteiger partial charge in [0.1, 0.15) is 6.42 Å². The van der Waals surface area contributed by atoms with Crippen LogP contribution in [-0.4, -0.2) is 53.5 Å². The summed E-state index contributed by atoms with van der Waals surface area (Å²) >= 11 is 0. The van der Waals surface area contributed by atoms with Crippen molar-refractivity contribution in [1.82, 2.24) is 15.6 Å². The molecule has 2 aliphatic rings. The van der Waals surface area contributed by atoms with Gasteiger partial charge < -0.3 is 26.0 Å². The SMILES string of the molecule is O=C(O)CC(NC(=O)CC(=O)N1CCc2ccc(NC3=NCCN3)cc21)c1ccccn1. The summed E-state index contributed by atoms with van der Waals surface area (Å²) in [5.41, 5.74) is 3.03. The summed E-state index contributed by atoms with van der Waals surface area (Å²) in [4.78, 5) is 46.7. The van der Waals surface area contributed by atoms with Crippen LogP contribution < -0.4 is 20.9 Å². The van der Waals surface area contributed by atoms with Crippen LogP contribution in [0.25, 0.3) is 0 Å². The van der Waals surface area contributed by atoms with E-state index in [4.69, 9.17) is 0 Å². The minimum Gasteiger partial charge on any atom is -0.481 e. The molecule has 1 atom stereocenters. The maximum atomic E-state index is 12.9. The van der Waals surface area contributed by atoms with Gasteiger partial charge in [0.25, 0.3) is 0 Å². The van der Waals surface area contributed by atoms with Crippen molar-refractivity contribution >= 4 is 35.1 Å². The first-order valence-corrected chi connectivity index (χ1v) is 10.4. The standard InChI is InChI=1S/C22H24N6O4/c29-19(27-17(12-21(31)32)16-3-1-2-7-23-16)13-20(30)28-10-6-14-4-5-15(11-18(14)28)26-22-24-8-9-25-22/h1-5,7,11,17H,6,8-10,12-13H2,(H,27,29)(H,31,32)(H2,24,25,26). The Kier molecular flexibility index (Phi) is 6.29. The van der Waals surface area contributed by atoms with Gasteiger partial charge in [0.2, 0.25) is 11.8 Å². The Morgan fingerprint density at radius 1 is 1.22 bits per heavy atom.